The molecular weight excluding hydrogens is 290 g/mol. The zero-order valence-corrected chi connectivity index (χ0v) is 12.6. The van der Waals surface area contributed by atoms with Crippen molar-refractivity contribution >= 4 is 15.9 Å². The summed E-state index contributed by atoms with van der Waals surface area (Å²) in [5.74, 6) is 0. The summed E-state index contributed by atoms with van der Waals surface area (Å²) < 4.78 is 0.941. The minimum atomic E-state index is 0.548. The highest BCUT2D eigenvalue weighted by atomic mass is 79.9. The number of hydrogen-bond acceptors (Lipinski definition) is 3. The molecule has 0 saturated carbocycles. The van der Waals surface area contributed by atoms with Gasteiger partial charge in [0.1, 0.15) is 4.60 Å². The number of rotatable bonds is 5. The fraction of sp³-hybridized carbons (Fsp3) is 0.643. The summed E-state index contributed by atoms with van der Waals surface area (Å²) in [4.78, 5) is 6.84. The Morgan fingerprint density at radius 2 is 2.22 bits per heavy atom. The third kappa shape index (κ3) is 3.77. The lowest BCUT2D eigenvalue weighted by Crippen LogP contribution is -2.45. The average molecular weight is 312 g/mol. The number of nitrogens with one attached hydrogen (secondary N) is 1. The Hall–Kier alpha value is -0.450. The number of halogens is 1. The van der Waals surface area contributed by atoms with Crippen LogP contribution in [0, 0.1) is 0 Å². The van der Waals surface area contributed by atoms with Gasteiger partial charge in [-0.25, -0.2) is 4.98 Å². The molecule has 1 aliphatic rings. The second-order valence-electron chi connectivity index (χ2n) is 4.86. The van der Waals surface area contributed by atoms with Crippen LogP contribution in [-0.2, 0) is 0 Å². The van der Waals surface area contributed by atoms with E-state index in [1.807, 2.05) is 6.20 Å². The second kappa shape index (κ2) is 7.22. The van der Waals surface area contributed by atoms with Gasteiger partial charge in [-0.3, -0.25) is 4.90 Å². The molecule has 1 atom stereocenters. The van der Waals surface area contributed by atoms with Crippen LogP contribution < -0.4 is 5.32 Å². The summed E-state index contributed by atoms with van der Waals surface area (Å²) in [5.41, 5.74) is 1.40. The van der Waals surface area contributed by atoms with E-state index in [1.165, 1.54) is 24.8 Å². The van der Waals surface area contributed by atoms with Gasteiger partial charge in [-0.15, -0.1) is 0 Å². The van der Waals surface area contributed by atoms with Gasteiger partial charge in [-0.2, -0.15) is 0 Å². The summed E-state index contributed by atoms with van der Waals surface area (Å²) in [7, 11) is 0. The van der Waals surface area contributed by atoms with E-state index < -0.39 is 0 Å². The molecule has 0 bridgehead atoms. The number of unbranched alkanes of at least 4 members (excludes halogenated alkanes) is 1. The van der Waals surface area contributed by atoms with Gasteiger partial charge in [-0.05, 0) is 40.0 Å². The van der Waals surface area contributed by atoms with Gasteiger partial charge in [-0.1, -0.05) is 19.8 Å². The predicted octanol–water partition coefficient (Wildman–Crippen LogP) is 2.98. The topological polar surface area (TPSA) is 28.2 Å². The van der Waals surface area contributed by atoms with E-state index in [9.17, 15) is 0 Å². The number of hydrogen-bond donors (Lipinski definition) is 1. The third-order valence-corrected chi connectivity index (χ3v) is 3.99. The second-order valence-corrected chi connectivity index (χ2v) is 5.67. The molecule has 0 radical (unpaired) electrons. The molecule has 100 valence electrons. The van der Waals surface area contributed by atoms with Crippen LogP contribution >= 0.6 is 15.9 Å². The van der Waals surface area contributed by atoms with Crippen molar-refractivity contribution in [3.05, 3.63) is 28.5 Å². The Morgan fingerprint density at radius 1 is 1.44 bits per heavy atom. The third-order valence-electron chi connectivity index (χ3n) is 3.56. The lowest BCUT2D eigenvalue weighted by atomic mass is 10.00. The number of aromatic nitrogens is 1. The fourth-order valence-corrected chi connectivity index (χ4v) is 2.96. The Labute approximate surface area is 118 Å². The lowest BCUT2D eigenvalue weighted by molar-refractivity contribution is 0.163. The van der Waals surface area contributed by atoms with Crippen molar-refractivity contribution in [3.8, 4) is 0 Å². The Balaban J connectivity index is 2.12. The Kier molecular flexibility index (Phi) is 5.60. The first-order valence-corrected chi connectivity index (χ1v) is 7.66. The van der Waals surface area contributed by atoms with E-state index in [4.69, 9.17) is 0 Å². The molecule has 0 aromatic carbocycles. The van der Waals surface area contributed by atoms with E-state index >= 15 is 0 Å². The van der Waals surface area contributed by atoms with Crippen LogP contribution in [0.1, 0.15) is 37.8 Å². The summed E-state index contributed by atoms with van der Waals surface area (Å²) in [5, 5.41) is 3.43. The molecule has 0 unspecified atom stereocenters. The summed E-state index contributed by atoms with van der Waals surface area (Å²) in [6, 6.07) is 4.88. The SMILES string of the molecule is CCCC[C@@H](c1ccnc(Br)c1)N1CCNCC1. The van der Waals surface area contributed by atoms with Crippen molar-refractivity contribution in [2.45, 2.75) is 32.2 Å². The van der Waals surface area contributed by atoms with Crippen molar-refractivity contribution in [1.29, 1.82) is 0 Å². The molecule has 1 N–H and O–H groups in total. The highest BCUT2D eigenvalue weighted by Crippen LogP contribution is 2.27. The van der Waals surface area contributed by atoms with Crippen molar-refractivity contribution in [2.24, 2.45) is 0 Å². The quantitative estimate of drug-likeness (QED) is 0.847. The maximum absolute atomic E-state index is 4.23. The number of nitrogens with zero attached hydrogens (tertiary/aromatic N) is 2. The van der Waals surface area contributed by atoms with Gasteiger partial charge in [0.05, 0.1) is 0 Å². The van der Waals surface area contributed by atoms with Crippen molar-refractivity contribution in [1.82, 2.24) is 15.2 Å². The first kappa shape index (κ1) is 14.0. The molecule has 1 fully saturated rings. The van der Waals surface area contributed by atoms with E-state index in [-0.39, 0.29) is 0 Å². The molecule has 1 aliphatic heterocycles. The highest BCUT2D eigenvalue weighted by molar-refractivity contribution is 9.10. The molecular formula is C14H22BrN3. The zero-order valence-electron chi connectivity index (χ0n) is 11.0. The Bertz CT molecular complexity index is 364. The van der Waals surface area contributed by atoms with E-state index in [0.29, 0.717) is 6.04 Å². The minimum Gasteiger partial charge on any atom is -0.314 e. The maximum Gasteiger partial charge on any atom is 0.106 e. The molecule has 18 heavy (non-hydrogen) atoms. The van der Waals surface area contributed by atoms with Gasteiger partial charge in [0.15, 0.2) is 0 Å². The molecule has 0 amide bonds. The molecule has 3 nitrogen and oxygen atoms in total. The van der Waals surface area contributed by atoms with Crippen LogP contribution in [0.2, 0.25) is 0 Å². The van der Waals surface area contributed by atoms with Crippen LogP contribution in [0.3, 0.4) is 0 Å². The van der Waals surface area contributed by atoms with Gasteiger partial charge in [0.25, 0.3) is 0 Å². The minimum absolute atomic E-state index is 0.548. The highest BCUT2D eigenvalue weighted by Gasteiger charge is 2.21. The van der Waals surface area contributed by atoms with Gasteiger partial charge in [0, 0.05) is 38.4 Å². The average Bonchev–Trinajstić information content (AvgIpc) is 2.40. The van der Waals surface area contributed by atoms with Crippen molar-refractivity contribution < 1.29 is 0 Å². The van der Waals surface area contributed by atoms with Crippen molar-refractivity contribution in [3.63, 3.8) is 0 Å². The predicted molar refractivity (Wildman–Crippen MR) is 78.6 cm³/mol. The molecule has 2 heterocycles. The molecule has 1 aromatic heterocycles. The normalized spacial score (nSPS) is 18.8. The maximum atomic E-state index is 4.23. The monoisotopic (exact) mass is 311 g/mol. The first-order chi connectivity index (χ1) is 8.81. The fourth-order valence-electron chi connectivity index (χ4n) is 2.58. The van der Waals surface area contributed by atoms with Crippen LogP contribution in [0.5, 0.6) is 0 Å². The van der Waals surface area contributed by atoms with Gasteiger partial charge >= 0.3 is 0 Å². The number of piperazine rings is 1. The molecule has 4 heteroatoms. The lowest BCUT2D eigenvalue weighted by Gasteiger charge is -2.35. The van der Waals surface area contributed by atoms with Crippen LogP contribution in [0.15, 0.2) is 22.9 Å². The van der Waals surface area contributed by atoms with Crippen molar-refractivity contribution in [2.75, 3.05) is 26.2 Å². The standard InChI is InChI=1S/C14H22BrN3/c1-2-3-4-13(18-9-7-16-8-10-18)12-5-6-17-14(15)11-12/h5-6,11,13,16H,2-4,7-10H2,1H3/t13-/m0/s1. The first-order valence-electron chi connectivity index (χ1n) is 6.87. The van der Waals surface area contributed by atoms with Crippen LogP contribution in [0.4, 0.5) is 0 Å². The number of pyridine rings is 1. The zero-order chi connectivity index (χ0) is 12.8. The molecule has 0 spiro atoms. The Morgan fingerprint density at radius 3 is 2.89 bits per heavy atom. The van der Waals surface area contributed by atoms with Gasteiger partial charge in [0.2, 0.25) is 0 Å². The van der Waals surface area contributed by atoms with Crippen LogP contribution in [-0.4, -0.2) is 36.1 Å². The summed E-state index contributed by atoms with van der Waals surface area (Å²) >= 11 is 3.48. The molecule has 0 aliphatic carbocycles. The van der Waals surface area contributed by atoms with Gasteiger partial charge < -0.3 is 5.32 Å². The van der Waals surface area contributed by atoms with Crippen LogP contribution in [0.25, 0.3) is 0 Å². The van der Waals surface area contributed by atoms with E-state index in [0.717, 1.165) is 30.8 Å². The molecule has 1 saturated heterocycles. The summed E-state index contributed by atoms with van der Waals surface area (Å²) in [6.07, 6.45) is 5.69. The molecule has 1 aromatic rings. The molecule has 2 rings (SSSR count). The smallest absolute Gasteiger partial charge is 0.106 e. The largest absolute Gasteiger partial charge is 0.314 e. The summed E-state index contributed by atoms with van der Waals surface area (Å²) in [6.45, 7) is 6.77. The van der Waals surface area contributed by atoms with E-state index in [1.54, 1.807) is 0 Å². The van der Waals surface area contributed by atoms with E-state index in [2.05, 4.69) is 50.2 Å².